The predicted molar refractivity (Wildman–Crippen MR) is 105 cm³/mol. The van der Waals surface area contributed by atoms with Gasteiger partial charge in [0.1, 0.15) is 19.1 Å². The van der Waals surface area contributed by atoms with Crippen molar-refractivity contribution in [2.45, 2.75) is 25.0 Å². The van der Waals surface area contributed by atoms with Crippen molar-refractivity contribution >= 4 is 40.6 Å². The number of ether oxygens (including phenoxy) is 2. The Labute approximate surface area is 186 Å². The van der Waals surface area contributed by atoms with E-state index < -0.39 is 54.4 Å². The lowest BCUT2D eigenvalue weighted by molar-refractivity contribution is -0.144. The molecule has 0 saturated carbocycles. The van der Waals surface area contributed by atoms with Crippen LogP contribution in [0.25, 0.3) is 21.6 Å². The molecule has 1 saturated heterocycles. The Kier molecular flexibility index (Phi) is 7.61. The molecule has 2 aromatic rings. The van der Waals surface area contributed by atoms with Gasteiger partial charge in [-0.05, 0) is 5.53 Å². The minimum atomic E-state index is -5.79. The summed E-state index contributed by atoms with van der Waals surface area (Å²) < 4.78 is 58.3. The summed E-state index contributed by atoms with van der Waals surface area (Å²) in [5, 5.41) is 3.13. The maximum Gasteiger partial charge on any atom is 0.490 e. The first-order valence-corrected chi connectivity index (χ1v) is 13.0. The molecule has 1 aliphatic rings. The molecule has 34 heavy (non-hydrogen) atoms. The normalized spacial score (nSPS) is 24.4. The van der Waals surface area contributed by atoms with Crippen LogP contribution in [-0.2, 0) is 36.3 Å². The average molecular weight is 548 g/mol. The molecule has 0 amide bonds. The van der Waals surface area contributed by atoms with Crippen LogP contribution in [0.2, 0.25) is 0 Å². The lowest BCUT2D eigenvalue weighted by atomic mass is 10.2. The molecule has 7 N–H and O–H groups in total. The molecule has 2 aromatic heterocycles. The van der Waals surface area contributed by atoms with Gasteiger partial charge in [-0.15, -0.1) is 0 Å². The number of phosphoric ester groups is 1. The fourth-order valence-electron chi connectivity index (χ4n) is 2.77. The summed E-state index contributed by atoms with van der Waals surface area (Å²) in [6.07, 6.45) is -3.32. The number of azide groups is 1. The van der Waals surface area contributed by atoms with Crippen molar-refractivity contribution in [1.82, 2.24) is 19.5 Å². The largest absolute Gasteiger partial charge is 0.490 e. The second-order valence-corrected chi connectivity index (χ2v) is 10.6. The maximum absolute atomic E-state index is 12.2. The molecule has 2 unspecified atom stereocenters. The molecular weight excluding hydrogens is 533 g/mol. The van der Waals surface area contributed by atoms with Crippen LogP contribution in [0.4, 0.5) is 5.95 Å². The zero-order valence-corrected chi connectivity index (χ0v) is 19.0. The van der Waals surface area contributed by atoms with Gasteiger partial charge in [0.05, 0.1) is 6.33 Å². The smallest absolute Gasteiger partial charge is 0.369 e. The van der Waals surface area contributed by atoms with Gasteiger partial charge in [0.15, 0.2) is 17.5 Å². The molecule has 0 aromatic carbocycles. The van der Waals surface area contributed by atoms with Crippen LogP contribution in [0, 0.1) is 0 Å². The number of rotatable bonds is 10. The topological polar surface area (TPSA) is 317 Å². The van der Waals surface area contributed by atoms with Gasteiger partial charge >= 0.3 is 23.5 Å². The monoisotopic (exact) mass is 548 g/mol. The Balaban J connectivity index is 1.84. The van der Waals surface area contributed by atoms with Gasteiger partial charge in [0.2, 0.25) is 5.95 Å². The zero-order chi connectivity index (χ0) is 25.3. The highest BCUT2D eigenvalue weighted by molar-refractivity contribution is 7.66. The molecule has 3 heterocycles. The van der Waals surface area contributed by atoms with E-state index in [0.717, 1.165) is 6.33 Å². The molecule has 5 atom stereocenters. The maximum atomic E-state index is 12.2. The van der Waals surface area contributed by atoms with Crippen LogP contribution < -0.4 is 11.3 Å². The van der Waals surface area contributed by atoms with Crippen LogP contribution in [0.1, 0.15) is 12.6 Å². The van der Waals surface area contributed by atoms with E-state index in [1.165, 1.54) is 4.57 Å². The van der Waals surface area contributed by atoms with Crippen LogP contribution in [0.3, 0.4) is 0 Å². The second kappa shape index (κ2) is 9.80. The van der Waals surface area contributed by atoms with E-state index in [9.17, 15) is 28.3 Å². The molecule has 1 fully saturated rings. The summed E-state index contributed by atoms with van der Waals surface area (Å²) in [7, 11) is -17.0. The number of phosphoric acid groups is 3. The van der Waals surface area contributed by atoms with Crippen LogP contribution in [-0.4, -0.2) is 58.2 Å². The Bertz CT molecular complexity index is 1320. The first-order valence-electron chi connectivity index (χ1n) is 8.52. The molecule has 0 spiro atoms. The van der Waals surface area contributed by atoms with Gasteiger partial charge in [-0.25, -0.2) is 18.7 Å². The van der Waals surface area contributed by atoms with Crippen molar-refractivity contribution in [3.63, 3.8) is 0 Å². The fraction of sp³-hybridized carbons (Fsp3) is 0.500. The Morgan fingerprint density at radius 3 is 2.65 bits per heavy atom. The van der Waals surface area contributed by atoms with Crippen molar-refractivity contribution in [2.75, 3.05) is 12.5 Å². The van der Waals surface area contributed by atoms with Crippen LogP contribution >= 0.6 is 23.5 Å². The van der Waals surface area contributed by atoms with Gasteiger partial charge in [-0.1, -0.05) is 5.11 Å². The number of nitrogen functional groups attached to an aromatic ring is 1. The number of nitrogens with zero attached hydrogens (tertiary/aromatic N) is 6. The minimum Gasteiger partial charge on any atom is -0.369 e. The number of H-pyrrole nitrogens is 1. The molecular formula is C10H15N8O13P3. The number of fused-ring (bicyclic) bond motifs is 1. The third-order valence-corrected chi connectivity index (χ3v) is 7.65. The fourth-order valence-corrected chi connectivity index (χ4v) is 5.87. The Morgan fingerprint density at radius 1 is 1.29 bits per heavy atom. The predicted octanol–water partition coefficient (Wildman–Crippen LogP) is -0.0569. The van der Waals surface area contributed by atoms with Crippen LogP contribution in [0.5, 0.6) is 0 Å². The number of aromatic amines is 1. The van der Waals surface area contributed by atoms with E-state index in [1.807, 2.05) is 0 Å². The highest BCUT2D eigenvalue weighted by Crippen LogP contribution is 2.67. The van der Waals surface area contributed by atoms with E-state index in [1.54, 1.807) is 0 Å². The van der Waals surface area contributed by atoms with Gasteiger partial charge in [0, 0.05) is 11.3 Å². The number of hydrogen-bond acceptors (Lipinski definition) is 13. The first-order chi connectivity index (χ1) is 15.7. The van der Waals surface area contributed by atoms with E-state index >= 15 is 0 Å². The average Bonchev–Trinajstić information content (AvgIpc) is 3.22. The summed E-state index contributed by atoms with van der Waals surface area (Å²) in [5.74, 6) is -0.252. The highest BCUT2D eigenvalue weighted by Gasteiger charge is 2.47. The van der Waals surface area contributed by atoms with Gasteiger partial charge in [0.25, 0.3) is 5.56 Å². The first kappa shape index (κ1) is 26.4. The second-order valence-electron chi connectivity index (χ2n) is 6.23. The van der Waals surface area contributed by atoms with E-state index in [2.05, 4.69) is 38.1 Å². The number of hydrogen-bond donors (Lipinski definition) is 6. The SMILES string of the molecule is [N-]=[N+]=NCO[C@H]1C[C@@H](n2cnc3c(=O)[nH]c(N)nc32)O[C@H]1OP(=O)(O)OP(=O)(O)OP(=O)(O)O. The van der Waals surface area contributed by atoms with Crippen molar-refractivity contribution in [1.29, 1.82) is 0 Å². The molecule has 1 aliphatic heterocycles. The van der Waals surface area contributed by atoms with Crippen molar-refractivity contribution in [3.05, 3.63) is 27.1 Å². The van der Waals surface area contributed by atoms with E-state index in [0.29, 0.717) is 0 Å². The van der Waals surface area contributed by atoms with Gasteiger partial charge in [-0.2, -0.15) is 13.6 Å². The third-order valence-electron chi connectivity index (χ3n) is 3.85. The van der Waals surface area contributed by atoms with Crippen LogP contribution in [0.15, 0.2) is 16.2 Å². The Morgan fingerprint density at radius 2 is 2.00 bits per heavy atom. The summed E-state index contributed by atoms with van der Waals surface area (Å²) in [6, 6.07) is 0. The summed E-state index contributed by atoms with van der Waals surface area (Å²) in [6.45, 7) is -0.594. The Hall–Kier alpha value is -2.21. The summed E-state index contributed by atoms with van der Waals surface area (Å²) in [5.41, 5.74) is 13.1. The molecule has 0 bridgehead atoms. The molecule has 24 heteroatoms. The third kappa shape index (κ3) is 6.68. The number of nitrogens with one attached hydrogen (secondary N) is 1. The van der Waals surface area contributed by atoms with Gasteiger partial charge < -0.3 is 34.8 Å². The summed E-state index contributed by atoms with van der Waals surface area (Å²) in [4.78, 5) is 60.7. The highest BCUT2D eigenvalue weighted by atomic mass is 31.3. The van der Waals surface area contributed by atoms with E-state index in [4.69, 9.17) is 30.5 Å². The standard InChI is InChI=1S/C10H15N8O13P3/c11-10-15-7-6(8(19)16-10)13-2-18(7)5-1-4(27-3-14-17-12)9(28-5)29-33(23,24)31-34(25,26)30-32(20,21)22/h2,4-5,9H,1,3H2,(H,23,24)(H,25,26)(H2,20,21,22)(H3,11,15,16,19)/t4-,5-,9-/m0/s1. The zero-order valence-electron chi connectivity index (χ0n) is 16.3. The molecule has 3 rings (SSSR count). The number of anilines is 1. The number of imidazole rings is 1. The molecule has 188 valence electrons. The van der Waals surface area contributed by atoms with Gasteiger partial charge in [-0.3, -0.25) is 18.9 Å². The van der Waals surface area contributed by atoms with E-state index in [-0.39, 0.29) is 23.5 Å². The quantitative estimate of drug-likeness (QED) is 0.0980. The molecule has 0 radical (unpaired) electrons. The number of nitrogens with two attached hydrogens (primary N) is 1. The number of aromatic nitrogens is 4. The van der Waals surface area contributed by atoms with Crippen molar-refractivity contribution in [2.24, 2.45) is 5.11 Å². The minimum absolute atomic E-state index is 0.0426. The van der Waals surface area contributed by atoms with Crippen molar-refractivity contribution < 1.29 is 55.9 Å². The molecule has 21 nitrogen and oxygen atoms in total. The van der Waals surface area contributed by atoms with Crippen molar-refractivity contribution in [3.8, 4) is 0 Å². The summed E-state index contributed by atoms with van der Waals surface area (Å²) >= 11 is 0. The molecule has 0 aliphatic carbocycles. The lowest BCUT2D eigenvalue weighted by Gasteiger charge is -2.22. The lowest BCUT2D eigenvalue weighted by Crippen LogP contribution is -2.26.